The second-order valence-corrected chi connectivity index (χ2v) is 5.10. The molecule has 0 aliphatic heterocycles. The molecular weight excluding hydrogens is 246 g/mol. The summed E-state index contributed by atoms with van der Waals surface area (Å²) in [6, 6.07) is 8.04. The molecule has 0 aliphatic carbocycles. The van der Waals surface area contributed by atoms with Crippen molar-refractivity contribution in [2.24, 2.45) is 0 Å². The minimum atomic E-state index is -0.261. The minimum absolute atomic E-state index is 0.0446. The Morgan fingerprint density at radius 1 is 1.22 bits per heavy atom. The SMILES string of the molecule is CCC(CC)(CCl)NC(=O)Cc1ccc(C)cc1. The molecule has 0 heterocycles. The van der Waals surface area contributed by atoms with Crippen LogP contribution in [0.15, 0.2) is 24.3 Å². The molecule has 0 aromatic heterocycles. The van der Waals surface area contributed by atoms with Gasteiger partial charge in [0.05, 0.1) is 12.0 Å². The molecule has 0 radical (unpaired) electrons. The molecular formula is C15H22ClNO. The number of alkyl halides is 1. The zero-order chi connectivity index (χ0) is 13.6. The summed E-state index contributed by atoms with van der Waals surface area (Å²) in [5.74, 6) is 0.503. The number of rotatable bonds is 6. The quantitative estimate of drug-likeness (QED) is 0.786. The van der Waals surface area contributed by atoms with E-state index >= 15 is 0 Å². The van der Waals surface area contributed by atoms with Gasteiger partial charge < -0.3 is 5.32 Å². The predicted octanol–water partition coefficient (Wildman–Crippen LogP) is 3.45. The largest absolute Gasteiger partial charge is 0.349 e. The summed E-state index contributed by atoms with van der Waals surface area (Å²) in [5, 5.41) is 3.07. The zero-order valence-electron chi connectivity index (χ0n) is 11.4. The van der Waals surface area contributed by atoms with E-state index in [1.54, 1.807) is 0 Å². The van der Waals surface area contributed by atoms with E-state index in [0.29, 0.717) is 12.3 Å². The molecule has 0 aliphatic rings. The zero-order valence-corrected chi connectivity index (χ0v) is 12.2. The van der Waals surface area contributed by atoms with E-state index in [1.807, 2.05) is 31.2 Å². The molecule has 0 spiro atoms. The number of halogens is 1. The lowest BCUT2D eigenvalue weighted by Gasteiger charge is -2.30. The second-order valence-electron chi connectivity index (χ2n) is 4.83. The Hall–Kier alpha value is -1.02. The number of benzene rings is 1. The van der Waals surface area contributed by atoms with Gasteiger partial charge >= 0.3 is 0 Å². The molecule has 0 unspecified atom stereocenters. The lowest BCUT2D eigenvalue weighted by atomic mass is 9.94. The summed E-state index contributed by atoms with van der Waals surface area (Å²) < 4.78 is 0. The first-order valence-electron chi connectivity index (χ1n) is 6.47. The van der Waals surface area contributed by atoms with E-state index in [-0.39, 0.29) is 11.4 Å². The molecule has 0 bridgehead atoms. The van der Waals surface area contributed by atoms with Crippen LogP contribution in [0.4, 0.5) is 0 Å². The highest BCUT2D eigenvalue weighted by Crippen LogP contribution is 2.17. The Morgan fingerprint density at radius 2 is 1.78 bits per heavy atom. The molecule has 1 aromatic rings. The number of carbonyl (C=O) groups excluding carboxylic acids is 1. The summed E-state index contributed by atoms with van der Waals surface area (Å²) in [5.41, 5.74) is 1.98. The minimum Gasteiger partial charge on any atom is -0.349 e. The highest BCUT2D eigenvalue weighted by molar-refractivity contribution is 6.18. The maximum absolute atomic E-state index is 12.0. The van der Waals surface area contributed by atoms with Crippen LogP contribution in [-0.4, -0.2) is 17.3 Å². The van der Waals surface area contributed by atoms with Gasteiger partial charge in [0.25, 0.3) is 0 Å². The number of amides is 1. The Kier molecular flexibility index (Phi) is 5.67. The van der Waals surface area contributed by atoms with Crippen LogP contribution >= 0.6 is 11.6 Å². The van der Waals surface area contributed by atoms with Crippen molar-refractivity contribution in [1.29, 1.82) is 0 Å². The molecule has 100 valence electrons. The van der Waals surface area contributed by atoms with Gasteiger partial charge in [0.1, 0.15) is 0 Å². The predicted molar refractivity (Wildman–Crippen MR) is 77.1 cm³/mol. The van der Waals surface area contributed by atoms with Gasteiger partial charge in [0, 0.05) is 5.88 Å². The summed E-state index contributed by atoms with van der Waals surface area (Å²) in [7, 11) is 0. The van der Waals surface area contributed by atoms with Crippen LogP contribution in [0.2, 0.25) is 0 Å². The fourth-order valence-corrected chi connectivity index (χ4v) is 2.33. The Morgan fingerprint density at radius 3 is 2.22 bits per heavy atom. The third-order valence-corrected chi connectivity index (χ3v) is 4.01. The van der Waals surface area contributed by atoms with Crippen LogP contribution in [0.25, 0.3) is 0 Å². The van der Waals surface area contributed by atoms with Crippen LogP contribution < -0.4 is 5.32 Å². The highest BCUT2D eigenvalue weighted by atomic mass is 35.5. The van der Waals surface area contributed by atoms with Crippen molar-refractivity contribution < 1.29 is 4.79 Å². The molecule has 0 atom stereocenters. The monoisotopic (exact) mass is 267 g/mol. The molecule has 0 saturated carbocycles. The molecule has 1 amide bonds. The van der Waals surface area contributed by atoms with Gasteiger partial charge in [-0.2, -0.15) is 0 Å². The number of hydrogen-bond donors (Lipinski definition) is 1. The fourth-order valence-electron chi connectivity index (χ4n) is 1.88. The smallest absolute Gasteiger partial charge is 0.224 e. The summed E-state index contributed by atoms with van der Waals surface area (Å²) in [4.78, 5) is 12.0. The Balaban J connectivity index is 2.63. The van der Waals surface area contributed by atoms with E-state index < -0.39 is 0 Å². The van der Waals surface area contributed by atoms with Crippen molar-refractivity contribution in [1.82, 2.24) is 5.32 Å². The number of nitrogens with one attached hydrogen (secondary N) is 1. The van der Waals surface area contributed by atoms with Crippen molar-refractivity contribution in [3.05, 3.63) is 35.4 Å². The standard InChI is InChI=1S/C15H22ClNO/c1-4-15(5-2,11-16)17-14(18)10-13-8-6-12(3)7-9-13/h6-9H,4-5,10-11H2,1-3H3,(H,17,18). The van der Waals surface area contributed by atoms with Crippen LogP contribution in [0.3, 0.4) is 0 Å². The van der Waals surface area contributed by atoms with Crippen molar-refractivity contribution in [3.8, 4) is 0 Å². The fraction of sp³-hybridized carbons (Fsp3) is 0.533. The van der Waals surface area contributed by atoms with Crippen molar-refractivity contribution >= 4 is 17.5 Å². The average molecular weight is 268 g/mol. The topological polar surface area (TPSA) is 29.1 Å². The molecule has 3 heteroatoms. The van der Waals surface area contributed by atoms with E-state index in [9.17, 15) is 4.79 Å². The Bertz CT molecular complexity index is 374. The van der Waals surface area contributed by atoms with E-state index in [0.717, 1.165) is 18.4 Å². The van der Waals surface area contributed by atoms with Gasteiger partial charge in [0.2, 0.25) is 5.91 Å². The molecule has 0 saturated heterocycles. The van der Waals surface area contributed by atoms with Crippen LogP contribution in [0.1, 0.15) is 37.8 Å². The maximum atomic E-state index is 12.0. The lowest BCUT2D eigenvalue weighted by molar-refractivity contribution is -0.122. The molecule has 2 nitrogen and oxygen atoms in total. The van der Waals surface area contributed by atoms with E-state index in [1.165, 1.54) is 5.56 Å². The number of aryl methyl sites for hydroxylation is 1. The van der Waals surface area contributed by atoms with Crippen molar-refractivity contribution in [2.75, 3.05) is 5.88 Å². The summed E-state index contributed by atoms with van der Waals surface area (Å²) >= 11 is 5.98. The molecule has 1 N–H and O–H groups in total. The number of carbonyl (C=O) groups is 1. The second kappa shape index (κ2) is 6.79. The van der Waals surface area contributed by atoms with Crippen molar-refractivity contribution in [2.45, 2.75) is 45.6 Å². The number of hydrogen-bond acceptors (Lipinski definition) is 1. The highest BCUT2D eigenvalue weighted by Gasteiger charge is 2.26. The first-order valence-corrected chi connectivity index (χ1v) is 7.01. The normalized spacial score (nSPS) is 11.3. The van der Waals surface area contributed by atoms with Crippen LogP contribution in [0, 0.1) is 6.92 Å². The van der Waals surface area contributed by atoms with Crippen LogP contribution in [-0.2, 0) is 11.2 Å². The van der Waals surface area contributed by atoms with Gasteiger partial charge in [-0.05, 0) is 25.3 Å². The van der Waals surface area contributed by atoms with E-state index in [4.69, 9.17) is 11.6 Å². The first-order chi connectivity index (χ1) is 8.55. The Labute approximate surface area is 115 Å². The molecule has 1 aromatic carbocycles. The summed E-state index contributed by atoms with van der Waals surface area (Å²) in [6.07, 6.45) is 2.12. The first kappa shape index (κ1) is 15.0. The molecule has 1 rings (SSSR count). The molecule has 18 heavy (non-hydrogen) atoms. The summed E-state index contributed by atoms with van der Waals surface area (Å²) in [6.45, 7) is 6.15. The van der Waals surface area contributed by atoms with E-state index in [2.05, 4.69) is 19.2 Å². The average Bonchev–Trinajstić information content (AvgIpc) is 2.39. The third-order valence-electron chi connectivity index (χ3n) is 3.50. The molecule has 0 fully saturated rings. The van der Waals surface area contributed by atoms with Gasteiger partial charge in [-0.1, -0.05) is 43.7 Å². The lowest BCUT2D eigenvalue weighted by Crippen LogP contribution is -2.49. The van der Waals surface area contributed by atoms with Gasteiger partial charge in [0.15, 0.2) is 0 Å². The van der Waals surface area contributed by atoms with Crippen LogP contribution in [0.5, 0.6) is 0 Å². The van der Waals surface area contributed by atoms with Gasteiger partial charge in [-0.15, -0.1) is 11.6 Å². The van der Waals surface area contributed by atoms with Gasteiger partial charge in [-0.3, -0.25) is 4.79 Å². The van der Waals surface area contributed by atoms with Crippen molar-refractivity contribution in [3.63, 3.8) is 0 Å². The maximum Gasteiger partial charge on any atom is 0.224 e. The van der Waals surface area contributed by atoms with Gasteiger partial charge in [-0.25, -0.2) is 0 Å². The third kappa shape index (κ3) is 4.02.